The van der Waals surface area contributed by atoms with Gasteiger partial charge in [0.15, 0.2) is 5.79 Å². The van der Waals surface area contributed by atoms with Gasteiger partial charge in [-0.05, 0) is 44.0 Å². The molecule has 2 aliphatic heterocycles. The van der Waals surface area contributed by atoms with Crippen molar-refractivity contribution in [3.8, 4) is 28.7 Å². The van der Waals surface area contributed by atoms with Crippen LogP contribution in [0.4, 0.5) is 11.7 Å². The molecule has 1 fully saturated rings. The van der Waals surface area contributed by atoms with E-state index in [0.717, 1.165) is 53.6 Å². The number of hydrogen-bond donors (Lipinski definition) is 0. The predicted octanol–water partition coefficient (Wildman–Crippen LogP) is 7.47. The summed E-state index contributed by atoms with van der Waals surface area (Å²) in [5.41, 5.74) is 4.27. The van der Waals surface area contributed by atoms with Crippen molar-refractivity contribution in [2.24, 2.45) is 0 Å². The quantitative estimate of drug-likeness (QED) is 0.339. The van der Waals surface area contributed by atoms with E-state index < -0.39 is 21.9 Å². The molecule has 7 heteroatoms. The van der Waals surface area contributed by atoms with Gasteiger partial charge >= 0.3 is 0 Å². The summed E-state index contributed by atoms with van der Waals surface area (Å²) in [4.78, 5) is -0.589. The molecule has 1 atom stereocenters. The molecule has 4 rings (SSSR count). The maximum Gasteiger partial charge on any atom is 0.237 e. The maximum atomic E-state index is 13.1. The van der Waals surface area contributed by atoms with E-state index in [1.54, 1.807) is 0 Å². The van der Waals surface area contributed by atoms with Crippen LogP contribution in [0, 0.1) is 11.8 Å². The molecule has 2 heterocycles. The van der Waals surface area contributed by atoms with Crippen LogP contribution in [0.3, 0.4) is 0 Å². The van der Waals surface area contributed by atoms with E-state index in [4.69, 9.17) is 14.2 Å². The Hall–Kier alpha value is -2.14. The second kappa shape index (κ2) is 9.01. The highest BCUT2D eigenvalue weighted by Crippen LogP contribution is 2.60. The lowest BCUT2D eigenvalue weighted by Crippen LogP contribution is -2.20. The highest BCUT2D eigenvalue weighted by Gasteiger charge is 2.38. The number of hydrogen-bond acceptors (Lipinski definition) is 3. The van der Waals surface area contributed by atoms with Gasteiger partial charge in [0.25, 0.3) is 0 Å². The van der Waals surface area contributed by atoms with E-state index in [9.17, 15) is 11.7 Å². The third kappa shape index (κ3) is 4.78. The van der Waals surface area contributed by atoms with Crippen molar-refractivity contribution >= 4 is 11.2 Å². The fourth-order valence-corrected chi connectivity index (χ4v) is 4.57. The number of rotatable bonds is 5. The van der Waals surface area contributed by atoms with Crippen LogP contribution < -0.4 is 4.74 Å². The molecule has 2 aliphatic rings. The smallest absolute Gasteiger partial charge is 0.237 e. The van der Waals surface area contributed by atoms with Crippen molar-refractivity contribution in [2.45, 2.75) is 63.2 Å². The van der Waals surface area contributed by atoms with Gasteiger partial charge in [-0.3, -0.25) is 0 Å². The van der Waals surface area contributed by atoms with E-state index in [1.165, 1.54) is 12.1 Å². The average molecular weight is 465 g/mol. The van der Waals surface area contributed by atoms with E-state index in [1.807, 2.05) is 19.9 Å². The van der Waals surface area contributed by atoms with Crippen molar-refractivity contribution in [3.63, 3.8) is 0 Å². The van der Waals surface area contributed by atoms with E-state index >= 15 is 0 Å². The van der Waals surface area contributed by atoms with Crippen LogP contribution in [0.15, 0.2) is 35.2 Å². The molecule has 1 saturated heterocycles. The lowest BCUT2D eigenvalue weighted by atomic mass is 9.90. The molecule has 32 heavy (non-hydrogen) atoms. The molecule has 2 aromatic carbocycles. The minimum Gasteiger partial charge on any atom is -0.492 e. The molecule has 0 spiro atoms. The molecule has 0 amide bonds. The van der Waals surface area contributed by atoms with Gasteiger partial charge in [0, 0.05) is 35.1 Å². The van der Waals surface area contributed by atoms with Gasteiger partial charge in [-0.2, -0.15) is 0 Å². The summed E-state index contributed by atoms with van der Waals surface area (Å²) in [6.45, 7) is 6.83. The van der Waals surface area contributed by atoms with Crippen molar-refractivity contribution < 1.29 is 25.9 Å². The van der Waals surface area contributed by atoms with E-state index in [-0.39, 0.29) is 6.10 Å². The average Bonchev–Trinajstić information content (AvgIpc) is 3.36. The van der Waals surface area contributed by atoms with Crippen LogP contribution in [0.5, 0.6) is 5.75 Å². The Labute approximate surface area is 189 Å². The Morgan fingerprint density at radius 3 is 2.53 bits per heavy atom. The molecule has 3 nitrogen and oxygen atoms in total. The number of ether oxygens (including phenoxy) is 3. The number of unbranched alkanes of at least 4 members (excludes halogenated alkanes) is 2. The Kier molecular flexibility index (Phi) is 6.49. The first-order valence-corrected chi connectivity index (χ1v) is 12.2. The van der Waals surface area contributed by atoms with Crippen LogP contribution in [0.1, 0.15) is 62.8 Å². The lowest BCUT2D eigenvalue weighted by molar-refractivity contribution is -0.139. The van der Waals surface area contributed by atoms with Crippen LogP contribution in [0.2, 0.25) is 0 Å². The van der Waals surface area contributed by atoms with Gasteiger partial charge < -0.3 is 14.2 Å². The highest BCUT2D eigenvalue weighted by atomic mass is 32.3. The maximum absolute atomic E-state index is 13.1. The Morgan fingerprint density at radius 2 is 1.91 bits per heavy atom. The molecular weight excluding hydrogens is 437 g/mol. The first-order valence-electron chi connectivity index (χ1n) is 10.9. The first-order chi connectivity index (χ1) is 15.2. The van der Waals surface area contributed by atoms with E-state index in [2.05, 4.69) is 18.8 Å². The summed E-state index contributed by atoms with van der Waals surface area (Å²) in [7, 11) is 0. The zero-order chi connectivity index (χ0) is 22.9. The summed E-state index contributed by atoms with van der Waals surface area (Å²) in [6.07, 6.45) is 3.30. The van der Waals surface area contributed by atoms with Crippen LogP contribution in [-0.2, 0) is 15.9 Å². The largest absolute Gasteiger partial charge is 0.492 e. The molecular formula is C25H27F3O3S. The number of halogens is 3. The first kappa shape index (κ1) is 23.0. The highest BCUT2D eigenvalue weighted by molar-refractivity contribution is 8.20. The van der Waals surface area contributed by atoms with Crippen molar-refractivity contribution in [1.82, 2.24) is 0 Å². The summed E-state index contributed by atoms with van der Waals surface area (Å²) >= 11 is -5.25. The standard InChI is InChI=1S/C25H27F3O3S/c1-4-5-6-7-8-18-15-21(17-9-11-19(12-10-17)32(26,27)28)24-20(13-14-29-24)23(18)22-16-30-25(2,3)31-22/h9-12,15,22H,4-6,13-14,16H2,1-3H3. The minimum absolute atomic E-state index is 0.263. The molecule has 0 radical (unpaired) electrons. The lowest BCUT2D eigenvalue weighted by Gasteiger charge is -2.21. The fourth-order valence-electron chi connectivity index (χ4n) is 4.13. The van der Waals surface area contributed by atoms with Gasteiger partial charge in [-0.1, -0.05) is 37.3 Å². The third-order valence-corrected chi connectivity index (χ3v) is 6.47. The fraction of sp³-hybridized carbons (Fsp3) is 0.440. The van der Waals surface area contributed by atoms with Gasteiger partial charge in [0.05, 0.1) is 18.1 Å². The van der Waals surface area contributed by atoms with Crippen LogP contribution >= 0.6 is 11.2 Å². The molecule has 172 valence electrons. The van der Waals surface area contributed by atoms with Gasteiger partial charge in [0.2, 0.25) is 11.2 Å². The molecule has 1 unspecified atom stereocenters. The zero-order valence-corrected chi connectivity index (χ0v) is 19.3. The third-order valence-electron chi connectivity index (χ3n) is 5.66. The zero-order valence-electron chi connectivity index (χ0n) is 18.5. The topological polar surface area (TPSA) is 27.7 Å². The molecule has 2 aromatic rings. The number of fused-ring (bicyclic) bond motifs is 1. The number of benzene rings is 2. The second-order valence-electron chi connectivity index (χ2n) is 8.44. The summed E-state index contributed by atoms with van der Waals surface area (Å²) in [5, 5.41) is 0. The molecule has 0 aliphatic carbocycles. The van der Waals surface area contributed by atoms with Crippen molar-refractivity contribution in [3.05, 3.63) is 47.0 Å². The monoisotopic (exact) mass is 464 g/mol. The Balaban J connectivity index is 1.82. The molecule has 0 N–H and O–H groups in total. The minimum atomic E-state index is -5.25. The van der Waals surface area contributed by atoms with Crippen molar-refractivity contribution in [1.29, 1.82) is 0 Å². The Morgan fingerprint density at radius 1 is 1.16 bits per heavy atom. The van der Waals surface area contributed by atoms with Crippen molar-refractivity contribution in [2.75, 3.05) is 13.2 Å². The normalized spacial score (nSPS) is 19.8. The summed E-state index contributed by atoms with van der Waals surface area (Å²) in [5.74, 6) is 6.59. The van der Waals surface area contributed by atoms with Gasteiger partial charge in [0.1, 0.15) is 11.9 Å². The molecule has 0 aromatic heterocycles. The van der Waals surface area contributed by atoms with Gasteiger partial charge in [-0.15, -0.1) is 11.7 Å². The second-order valence-corrected chi connectivity index (χ2v) is 9.73. The van der Waals surface area contributed by atoms with Crippen LogP contribution in [-0.4, -0.2) is 19.0 Å². The molecule has 0 saturated carbocycles. The predicted molar refractivity (Wildman–Crippen MR) is 121 cm³/mol. The van der Waals surface area contributed by atoms with Crippen LogP contribution in [0.25, 0.3) is 11.1 Å². The summed E-state index contributed by atoms with van der Waals surface area (Å²) in [6, 6.07) is 7.24. The SMILES string of the molecule is CCCCC#Cc1cc(-c2ccc(S(F)(F)F)cc2)c2c(c1C1COC(C)(C)O1)CCO2. The van der Waals surface area contributed by atoms with Gasteiger partial charge in [-0.25, -0.2) is 0 Å². The Bertz CT molecular complexity index is 1050. The van der Waals surface area contributed by atoms with E-state index in [0.29, 0.717) is 30.9 Å². The molecule has 0 bridgehead atoms. The summed E-state index contributed by atoms with van der Waals surface area (Å²) < 4.78 is 57.3.